The van der Waals surface area contributed by atoms with Crippen LogP contribution >= 0.6 is 0 Å². The Kier molecular flexibility index (Phi) is 11.3. The van der Waals surface area contributed by atoms with Crippen LogP contribution in [0.3, 0.4) is 0 Å². The highest BCUT2D eigenvalue weighted by Gasteiger charge is 2.19. The standard InChI is InChI=1S/C17H30O2/c1-4-5-6-7-8-9-10-11-12-13-14-16(15(2)3)17(18)19/h10-13,15-16H,4-9,14H2,1-3H3,(H,18,19). The largest absolute Gasteiger partial charge is 0.481 e. The van der Waals surface area contributed by atoms with Crippen molar-refractivity contribution < 1.29 is 9.90 Å². The number of aliphatic carboxylic acids is 1. The lowest BCUT2D eigenvalue weighted by Gasteiger charge is -2.13. The molecule has 0 aromatic carbocycles. The second-order valence-corrected chi connectivity index (χ2v) is 5.48. The summed E-state index contributed by atoms with van der Waals surface area (Å²) in [6.45, 7) is 6.14. The zero-order valence-corrected chi connectivity index (χ0v) is 12.8. The van der Waals surface area contributed by atoms with E-state index in [2.05, 4.69) is 13.0 Å². The number of carbonyl (C=O) groups is 1. The van der Waals surface area contributed by atoms with Gasteiger partial charge in [0.25, 0.3) is 0 Å². The van der Waals surface area contributed by atoms with Crippen LogP contribution in [-0.4, -0.2) is 11.1 Å². The second kappa shape index (κ2) is 12.0. The predicted octanol–water partition coefficient (Wildman–Crippen LogP) is 5.21. The summed E-state index contributed by atoms with van der Waals surface area (Å²) in [5, 5.41) is 9.04. The minimum atomic E-state index is -0.695. The third-order valence-corrected chi connectivity index (χ3v) is 3.37. The van der Waals surface area contributed by atoms with Crippen molar-refractivity contribution >= 4 is 5.97 Å². The fourth-order valence-corrected chi connectivity index (χ4v) is 2.00. The molecule has 19 heavy (non-hydrogen) atoms. The van der Waals surface area contributed by atoms with Crippen molar-refractivity contribution in [2.24, 2.45) is 11.8 Å². The van der Waals surface area contributed by atoms with Crippen molar-refractivity contribution in [1.82, 2.24) is 0 Å². The minimum absolute atomic E-state index is 0.185. The lowest BCUT2D eigenvalue weighted by molar-refractivity contribution is -0.143. The summed E-state index contributed by atoms with van der Waals surface area (Å²) in [6, 6.07) is 0. The summed E-state index contributed by atoms with van der Waals surface area (Å²) in [6.07, 6.45) is 16.5. The first-order valence-corrected chi connectivity index (χ1v) is 7.64. The quantitative estimate of drug-likeness (QED) is 0.412. The van der Waals surface area contributed by atoms with Crippen molar-refractivity contribution in [2.75, 3.05) is 0 Å². The molecule has 0 aromatic heterocycles. The van der Waals surface area contributed by atoms with Crippen molar-refractivity contribution in [2.45, 2.75) is 65.7 Å². The molecule has 2 nitrogen and oxygen atoms in total. The van der Waals surface area contributed by atoms with E-state index in [-0.39, 0.29) is 11.8 Å². The average molecular weight is 266 g/mol. The van der Waals surface area contributed by atoms with Gasteiger partial charge >= 0.3 is 5.97 Å². The topological polar surface area (TPSA) is 37.3 Å². The molecule has 0 heterocycles. The number of allylic oxidation sites excluding steroid dienone is 4. The Morgan fingerprint density at radius 3 is 2.26 bits per heavy atom. The molecule has 0 aliphatic heterocycles. The van der Waals surface area contributed by atoms with E-state index in [0.29, 0.717) is 6.42 Å². The molecule has 0 saturated carbocycles. The molecule has 0 aliphatic rings. The third-order valence-electron chi connectivity index (χ3n) is 3.37. The molecule has 0 bridgehead atoms. The van der Waals surface area contributed by atoms with Gasteiger partial charge in [-0.1, -0.05) is 70.8 Å². The Bertz CT molecular complexity index is 277. The molecular formula is C17H30O2. The average Bonchev–Trinajstić information content (AvgIpc) is 2.35. The van der Waals surface area contributed by atoms with E-state index in [1.807, 2.05) is 32.1 Å². The van der Waals surface area contributed by atoms with E-state index in [9.17, 15) is 4.79 Å². The number of carboxylic acid groups (broad SMARTS) is 1. The maximum atomic E-state index is 11.0. The first-order valence-electron chi connectivity index (χ1n) is 7.64. The molecule has 0 rings (SSSR count). The number of carboxylic acids is 1. The highest BCUT2D eigenvalue weighted by Crippen LogP contribution is 2.15. The van der Waals surface area contributed by atoms with Crippen molar-refractivity contribution in [3.05, 3.63) is 24.3 Å². The molecule has 110 valence electrons. The van der Waals surface area contributed by atoms with E-state index in [0.717, 1.165) is 6.42 Å². The van der Waals surface area contributed by atoms with Gasteiger partial charge in [0, 0.05) is 0 Å². The zero-order chi connectivity index (χ0) is 14.5. The molecule has 0 spiro atoms. The van der Waals surface area contributed by atoms with E-state index in [1.165, 1.54) is 32.1 Å². The summed E-state index contributed by atoms with van der Waals surface area (Å²) >= 11 is 0. The Labute approximate surface area is 118 Å². The molecule has 0 radical (unpaired) electrons. The van der Waals surface area contributed by atoms with Gasteiger partial charge in [-0.2, -0.15) is 0 Å². The van der Waals surface area contributed by atoms with E-state index in [1.54, 1.807) is 0 Å². The summed E-state index contributed by atoms with van der Waals surface area (Å²) in [4.78, 5) is 11.0. The van der Waals surface area contributed by atoms with Gasteiger partial charge in [0.2, 0.25) is 0 Å². The molecule has 0 aromatic rings. The van der Waals surface area contributed by atoms with Crippen molar-refractivity contribution in [1.29, 1.82) is 0 Å². The maximum Gasteiger partial charge on any atom is 0.307 e. The van der Waals surface area contributed by atoms with Gasteiger partial charge < -0.3 is 5.11 Å². The predicted molar refractivity (Wildman–Crippen MR) is 82.2 cm³/mol. The normalized spacial score (nSPS) is 13.7. The summed E-state index contributed by atoms with van der Waals surface area (Å²) < 4.78 is 0. The van der Waals surface area contributed by atoms with Gasteiger partial charge in [0.15, 0.2) is 0 Å². The Morgan fingerprint density at radius 2 is 1.68 bits per heavy atom. The van der Waals surface area contributed by atoms with Crippen LogP contribution in [-0.2, 0) is 4.79 Å². The van der Waals surface area contributed by atoms with Gasteiger partial charge in [0.05, 0.1) is 5.92 Å². The summed E-state index contributed by atoms with van der Waals surface area (Å²) in [5.74, 6) is -0.775. The molecular weight excluding hydrogens is 236 g/mol. The van der Waals surface area contributed by atoms with Crippen LogP contribution in [0.25, 0.3) is 0 Å². The van der Waals surface area contributed by atoms with Crippen LogP contribution < -0.4 is 0 Å². The lowest BCUT2D eigenvalue weighted by atomic mass is 9.92. The van der Waals surface area contributed by atoms with Crippen LogP contribution in [0, 0.1) is 11.8 Å². The SMILES string of the molecule is CCCCCCCC=CC=CCC(C(=O)O)C(C)C. The van der Waals surface area contributed by atoms with Gasteiger partial charge in [-0.05, 0) is 25.2 Å². The van der Waals surface area contributed by atoms with Crippen LogP contribution in [0.4, 0.5) is 0 Å². The molecule has 0 saturated heterocycles. The Balaban J connectivity index is 3.69. The van der Waals surface area contributed by atoms with E-state index < -0.39 is 5.97 Å². The molecule has 1 N–H and O–H groups in total. The fraction of sp³-hybridized carbons (Fsp3) is 0.706. The zero-order valence-electron chi connectivity index (χ0n) is 12.8. The number of unbranched alkanes of at least 4 members (excludes halogenated alkanes) is 5. The van der Waals surface area contributed by atoms with E-state index in [4.69, 9.17) is 5.11 Å². The monoisotopic (exact) mass is 266 g/mol. The Morgan fingerprint density at radius 1 is 1.05 bits per heavy atom. The first-order chi connectivity index (χ1) is 9.09. The molecule has 0 amide bonds. The number of hydrogen-bond donors (Lipinski definition) is 1. The highest BCUT2D eigenvalue weighted by molar-refractivity contribution is 5.70. The van der Waals surface area contributed by atoms with Gasteiger partial charge in [-0.25, -0.2) is 0 Å². The van der Waals surface area contributed by atoms with Gasteiger partial charge in [-0.15, -0.1) is 0 Å². The summed E-state index contributed by atoms with van der Waals surface area (Å²) in [5.41, 5.74) is 0. The van der Waals surface area contributed by atoms with Crippen LogP contribution in [0.5, 0.6) is 0 Å². The first kappa shape index (κ1) is 17.9. The van der Waals surface area contributed by atoms with Crippen LogP contribution in [0.2, 0.25) is 0 Å². The highest BCUT2D eigenvalue weighted by atomic mass is 16.4. The molecule has 0 aliphatic carbocycles. The molecule has 1 atom stereocenters. The van der Waals surface area contributed by atoms with Gasteiger partial charge in [-0.3, -0.25) is 4.79 Å². The molecule has 0 fully saturated rings. The van der Waals surface area contributed by atoms with Crippen molar-refractivity contribution in [3.63, 3.8) is 0 Å². The maximum absolute atomic E-state index is 11.0. The number of rotatable bonds is 11. The Hall–Kier alpha value is -1.05. The van der Waals surface area contributed by atoms with Gasteiger partial charge in [0.1, 0.15) is 0 Å². The number of hydrogen-bond acceptors (Lipinski definition) is 1. The van der Waals surface area contributed by atoms with Crippen LogP contribution in [0.1, 0.15) is 65.7 Å². The molecule has 1 unspecified atom stereocenters. The second-order valence-electron chi connectivity index (χ2n) is 5.48. The minimum Gasteiger partial charge on any atom is -0.481 e. The van der Waals surface area contributed by atoms with Crippen molar-refractivity contribution in [3.8, 4) is 0 Å². The fourth-order valence-electron chi connectivity index (χ4n) is 2.00. The summed E-state index contributed by atoms with van der Waals surface area (Å²) in [7, 11) is 0. The van der Waals surface area contributed by atoms with E-state index >= 15 is 0 Å². The molecule has 2 heteroatoms. The lowest BCUT2D eigenvalue weighted by Crippen LogP contribution is -2.18. The van der Waals surface area contributed by atoms with Crippen LogP contribution in [0.15, 0.2) is 24.3 Å². The third kappa shape index (κ3) is 10.5. The smallest absolute Gasteiger partial charge is 0.307 e.